The molecular formula is C14H17F4NO. The molecule has 1 N–H and O–H groups in total. The Morgan fingerprint density at radius 1 is 1.40 bits per heavy atom. The molecule has 6 heteroatoms. The summed E-state index contributed by atoms with van der Waals surface area (Å²) in [6, 6.07) is 5.16. The third-order valence-electron chi connectivity index (χ3n) is 3.57. The van der Waals surface area contributed by atoms with E-state index in [9.17, 15) is 17.6 Å². The highest BCUT2D eigenvalue weighted by Crippen LogP contribution is 2.33. The molecule has 2 nitrogen and oxygen atoms in total. The molecule has 1 atom stereocenters. The molecule has 0 heterocycles. The standard InChI is InChI=1S/C14H17F4NO/c1-20-10-6-5-9-3-2-4-12(11(9)7-10)19-8-14(17,18)13(15)16/h5-7,12-13,19H,2-4,8H2,1H3. The fourth-order valence-electron chi connectivity index (χ4n) is 2.45. The molecule has 0 aromatic heterocycles. The SMILES string of the molecule is COc1ccc2c(c1)C(NCC(F)(F)C(F)F)CCC2. The predicted octanol–water partition coefficient (Wildman–Crippen LogP) is 3.56. The first kappa shape index (κ1) is 15.1. The third-order valence-corrected chi connectivity index (χ3v) is 3.57. The number of hydrogen-bond donors (Lipinski definition) is 1. The number of benzene rings is 1. The van der Waals surface area contributed by atoms with Crippen molar-refractivity contribution in [3.8, 4) is 5.75 Å². The van der Waals surface area contributed by atoms with Gasteiger partial charge in [-0.15, -0.1) is 0 Å². The number of nitrogens with one attached hydrogen (secondary N) is 1. The fourth-order valence-corrected chi connectivity index (χ4v) is 2.45. The number of fused-ring (bicyclic) bond motifs is 1. The van der Waals surface area contributed by atoms with Crippen LogP contribution in [0.1, 0.15) is 30.0 Å². The van der Waals surface area contributed by atoms with Crippen molar-refractivity contribution in [2.24, 2.45) is 0 Å². The van der Waals surface area contributed by atoms with Gasteiger partial charge in [0.1, 0.15) is 5.75 Å². The van der Waals surface area contributed by atoms with Gasteiger partial charge in [0.05, 0.1) is 13.7 Å². The number of hydrogen-bond acceptors (Lipinski definition) is 2. The lowest BCUT2D eigenvalue weighted by atomic mass is 9.87. The molecular weight excluding hydrogens is 274 g/mol. The Balaban J connectivity index is 2.12. The van der Waals surface area contributed by atoms with Gasteiger partial charge in [-0.3, -0.25) is 0 Å². The van der Waals surface area contributed by atoms with Crippen LogP contribution in [0.2, 0.25) is 0 Å². The zero-order valence-corrected chi connectivity index (χ0v) is 11.1. The van der Waals surface area contributed by atoms with Crippen LogP contribution in [0.4, 0.5) is 17.6 Å². The lowest BCUT2D eigenvalue weighted by molar-refractivity contribution is -0.126. The lowest BCUT2D eigenvalue weighted by Gasteiger charge is -2.28. The van der Waals surface area contributed by atoms with Crippen LogP contribution < -0.4 is 10.1 Å². The van der Waals surface area contributed by atoms with E-state index in [1.54, 1.807) is 6.07 Å². The van der Waals surface area contributed by atoms with E-state index in [4.69, 9.17) is 4.74 Å². The van der Waals surface area contributed by atoms with E-state index in [1.165, 1.54) is 7.11 Å². The van der Waals surface area contributed by atoms with Crippen LogP contribution in [0.3, 0.4) is 0 Å². The van der Waals surface area contributed by atoms with Crippen molar-refractivity contribution >= 4 is 0 Å². The van der Waals surface area contributed by atoms with Gasteiger partial charge in [0.15, 0.2) is 0 Å². The van der Waals surface area contributed by atoms with Crippen molar-refractivity contribution in [3.63, 3.8) is 0 Å². The number of alkyl halides is 4. The zero-order chi connectivity index (χ0) is 14.8. The average Bonchev–Trinajstić information content (AvgIpc) is 2.44. The minimum Gasteiger partial charge on any atom is -0.497 e. The van der Waals surface area contributed by atoms with Crippen molar-refractivity contribution in [1.82, 2.24) is 5.32 Å². The predicted molar refractivity (Wildman–Crippen MR) is 67.6 cm³/mol. The van der Waals surface area contributed by atoms with Gasteiger partial charge in [-0.2, -0.15) is 8.78 Å². The van der Waals surface area contributed by atoms with Crippen molar-refractivity contribution in [2.45, 2.75) is 37.7 Å². The molecule has 112 valence electrons. The number of halogens is 4. The van der Waals surface area contributed by atoms with Crippen molar-refractivity contribution < 1.29 is 22.3 Å². The maximum atomic E-state index is 13.0. The van der Waals surface area contributed by atoms with Gasteiger partial charge >= 0.3 is 12.3 Å². The maximum absolute atomic E-state index is 13.0. The van der Waals surface area contributed by atoms with E-state index in [1.807, 2.05) is 12.1 Å². The molecule has 0 aliphatic heterocycles. The molecule has 0 amide bonds. The number of rotatable bonds is 5. The lowest BCUT2D eigenvalue weighted by Crippen LogP contribution is -2.41. The molecule has 0 fully saturated rings. The Labute approximate surface area is 115 Å². The maximum Gasteiger partial charge on any atom is 0.319 e. The molecule has 0 saturated heterocycles. The first-order valence-corrected chi connectivity index (χ1v) is 6.50. The third kappa shape index (κ3) is 3.23. The summed E-state index contributed by atoms with van der Waals surface area (Å²) >= 11 is 0. The zero-order valence-electron chi connectivity index (χ0n) is 11.1. The molecule has 0 saturated carbocycles. The van der Waals surface area contributed by atoms with E-state index >= 15 is 0 Å². The largest absolute Gasteiger partial charge is 0.497 e. The molecule has 1 aliphatic carbocycles. The van der Waals surface area contributed by atoms with Crippen molar-refractivity contribution in [1.29, 1.82) is 0 Å². The summed E-state index contributed by atoms with van der Waals surface area (Å²) in [6.07, 6.45) is -1.29. The highest BCUT2D eigenvalue weighted by atomic mass is 19.3. The number of aryl methyl sites for hydroxylation is 1. The van der Waals surface area contributed by atoms with Crippen LogP contribution >= 0.6 is 0 Å². The fraction of sp³-hybridized carbons (Fsp3) is 0.571. The van der Waals surface area contributed by atoms with Gasteiger partial charge in [0.2, 0.25) is 0 Å². The Bertz CT molecular complexity index is 464. The van der Waals surface area contributed by atoms with Crippen LogP contribution in [0.25, 0.3) is 0 Å². The van der Waals surface area contributed by atoms with E-state index in [-0.39, 0.29) is 6.04 Å². The minimum absolute atomic E-state index is 0.335. The van der Waals surface area contributed by atoms with Crippen LogP contribution in [0, 0.1) is 0 Å². The summed E-state index contributed by atoms with van der Waals surface area (Å²) in [6.45, 7) is -1.02. The Morgan fingerprint density at radius 3 is 2.80 bits per heavy atom. The van der Waals surface area contributed by atoms with E-state index in [2.05, 4.69) is 5.32 Å². The Morgan fingerprint density at radius 2 is 2.15 bits per heavy atom. The topological polar surface area (TPSA) is 21.3 Å². The molecule has 1 aromatic carbocycles. The molecule has 1 unspecified atom stereocenters. The minimum atomic E-state index is -4.00. The first-order valence-electron chi connectivity index (χ1n) is 6.50. The van der Waals surface area contributed by atoms with Crippen molar-refractivity contribution in [2.75, 3.05) is 13.7 Å². The van der Waals surface area contributed by atoms with Gasteiger partial charge in [-0.25, -0.2) is 8.78 Å². The van der Waals surface area contributed by atoms with Gasteiger partial charge < -0.3 is 10.1 Å². The monoisotopic (exact) mass is 291 g/mol. The Kier molecular flexibility index (Phi) is 4.52. The van der Waals surface area contributed by atoms with E-state index in [0.717, 1.165) is 24.0 Å². The summed E-state index contributed by atoms with van der Waals surface area (Å²) in [7, 11) is 1.53. The van der Waals surface area contributed by atoms with Gasteiger partial charge in [-0.05, 0) is 42.5 Å². The van der Waals surface area contributed by atoms with Gasteiger partial charge in [0, 0.05) is 6.04 Å². The molecule has 2 rings (SSSR count). The van der Waals surface area contributed by atoms with Gasteiger partial charge in [-0.1, -0.05) is 6.07 Å². The molecule has 1 aliphatic rings. The normalized spacial score (nSPS) is 19.0. The Hall–Kier alpha value is -1.30. The summed E-state index contributed by atoms with van der Waals surface area (Å²) in [4.78, 5) is 0. The molecule has 20 heavy (non-hydrogen) atoms. The van der Waals surface area contributed by atoms with Crippen LogP contribution in [0.15, 0.2) is 18.2 Å². The second-order valence-corrected chi connectivity index (χ2v) is 4.95. The van der Waals surface area contributed by atoms with E-state index in [0.29, 0.717) is 12.2 Å². The van der Waals surface area contributed by atoms with Crippen molar-refractivity contribution in [3.05, 3.63) is 29.3 Å². The number of methoxy groups -OCH3 is 1. The average molecular weight is 291 g/mol. The second-order valence-electron chi connectivity index (χ2n) is 4.95. The quantitative estimate of drug-likeness (QED) is 0.838. The van der Waals surface area contributed by atoms with Crippen LogP contribution in [-0.4, -0.2) is 26.0 Å². The smallest absolute Gasteiger partial charge is 0.319 e. The highest BCUT2D eigenvalue weighted by Gasteiger charge is 2.41. The second kappa shape index (κ2) is 5.99. The summed E-state index contributed by atoms with van der Waals surface area (Å²) in [5.74, 6) is -3.37. The molecule has 0 bridgehead atoms. The van der Waals surface area contributed by atoms with E-state index < -0.39 is 18.9 Å². The number of ether oxygens (including phenoxy) is 1. The molecule has 1 aromatic rings. The van der Waals surface area contributed by atoms with Crippen LogP contribution in [0.5, 0.6) is 5.75 Å². The molecule has 0 spiro atoms. The molecule has 0 radical (unpaired) electrons. The summed E-state index contributed by atoms with van der Waals surface area (Å²) in [5.41, 5.74) is 1.91. The first-order chi connectivity index (χ1) is 9.44. The highest BCUT2D eigenvalue weighted by molar-refractivity contribution is 5.39. The van der Waals surface area contributed by atoms with Gasteiger partial charge in [0.25, 0.3) is 0 Å². The summed E-state index contributed by atoms with van der Waals surface area (Å²) < 4.78 is 55.4. The summed E-state index contributed by atoms with van der Waals surface area (Å²) in [5, 5.41) is 2.57. The van der Waals surface area contributed by atoms with Crippen LogP contribution in [-0.2, 0) is 6.42 Å².